The van der Waals surface area contributed by atoms with Crippen LogP contribution >= 0.6 is 11.3 Å². The highest BCUT2D eigenvalue weighted by atomic mass is 32.1. The van der Waals surface area contributed by atoms with Crippen LogP contribution in [-0.4, -0.2) is 29.1 Å². The molecule has 22 heavy (non-hydrogen) atoms. The average molecular weight is 318 g/mol. The summed E-state index contributed by atoms with van der Waals surface area (Å²) in [7, 11) is 0. The van der Waals surface area contributed by atoms with E-state index in [0.717, 1.165) is 17.1 Å². The van der Waals surface area contributed by atoms with E-state index in [0.29, 0.717) is 19.0 Å². The highest BCUT2D eigenvalue weighted by Gasteiger charge is 2.24. The van der Waals surface area contributed by atoms with Crippen molar-refractivity contribution in [2.75, 3.05) is 13.1 Å². The van der Waals surface area contributed by atoms with Crippen LogP contribution in [0.5, 0.6) is 0 Å². The van der Waals surface area contributed by atoms with Crippen LogP contribution in [0.1, 0.15) is 24.4 Å². The van der Waals surface area contributed by atoms with Crippen molar-refractivity contribution in [3.63, 3.8) is 0 Å². The number of pyridine rings is 1. The largest absolute Gasteiger partial charge is 0.383 e. The number of rotatable bonds is 6. The summed E-state index contributed by atoms with van der Waals surface area (Å²) in [6.07, 6.45) is 1.76. The van der Waals surface area contributed by atoms with Gasteiger partial charge in [0.05, 0.1) is 18.8 Å². The molecular weight excluding hydrogens is 296 g/mol. The van der Waals surface area contributed by atoms with Crippen molar-refractivity contribution in [1.29, 1.82) is 0 Å². The first kappa shape index (κ1) is 16.5. The molecular formula is C16H22N4OS. The second-order valence-electron chi connectivity index (χ2n) is 5.12. The standard InChI is InChI=1S/C16H22N4OS/c1-3-17-15(19-11-13-7-4-5-9-18-13)20-12-16(2,21)14-8-6-10-22-14/h4-10,21H,3,11-12H2,1-2H3,(H2,17,19,20). The van der Waals surface area contributed by atoms with Crippen molar-refractivity contribution in [2.24, 2.45) is 4.99 Å². The summed E-state index contributed by atoms with van der Waals surface area (Å²) >= 11 is 1.54. The van der Waals surface area contributed by atoms with Crippen molar-refractivity contribution in [1.82, 2.24) is 15.6 Å². The predicted octanol–water partition coefficient (Wildman–Crippen LogP) is 2.11. The molecule has 0 bridgehead atoms. The summed E-state index contributed by atoms with van der Waals surface area (Å²) in [4.78, 5) is 9.67. The topological polar surface area (TPSA) is 69.5 Å². The van der Waals surface area contributed by atoms with Crippen molar-refractivity contribution >= 4 is 17.3 Å². The van der Waals surface area contributed by atoms with Crippen LogP contribution in [-0.2, 0) is 12.1 Å². The predicted molar refractivity (Wildman–Crippen MR) is 90.9 cm³/mol. The number of hydrogen-bond acceptors (Lipinski definition) is 4. The average Bonchev–Trinajstić information content (AvgIpc) is 3.06. The Morgan fingerprint density at radius 3 is 2.82 bits per heavy atom. The Bertz CT molecular complexity index is 581. The summed E-state index contributed by atoms with van der Waals surface area (Å²) in [6, 6.07) is 9.64. The van der Waals surface area contributed by atoms with Gasteiger partial charge in [0.15, 0.2) is 5.96 Å². The van der Waals surface area contributed by atoms with Crippen LogP contribution < -0.4 is 10.6 Å². The van der Waals surface area contributed by atoms with Gasteiger partial charge in [-0.15, -0.1) is 11.3 Å². The minimum absolute atomic E-state index is 0.390. The lowest BCUT2D eigenvalue weighted by Gasteiger charge is -2.23. The summed E-state index contributed by atoms with van der Waals surface area (Å²) in [5.41, 5.74) is -0.0141. The van der Waals surface area contributed by atoms with E-state index in [1.54, 1.807) is 24.5 Å². The van der Waals surface area contributed by atoms with Crippen LogP contribution in [0.15, 0.2) is 46.9 Å². The Morgan fingerprint density at radius 1 is 1.32 bits per heavy atom. The molecule has 3 N–H and O–H groups in total. The van der Waals surface area contributed by atoms with Gasteiger partial charge in [-0.05, 0) is 37.4 Å². The number of aromatic nitrogens is 1. The van der Waals surface area contributed by atoms with Gasteiger partial charge < -0.3 is 15.7 Å². The van der Waals surface area contributed by atoms with E-state index in [9.17, 15) is 5.11 Å². The molecule has 0 saturated carbocycles. The number of nitrogens with zero attached hydrogens (tertiary/aromatic N) is 2. The lowest BCUT2D eigenvalue weighted by Crippen LogP contribution is -2.44. The highest BCUT2D eigenvalue weighted by Crippen LogP contribution is 2.24. The number of aliphatic imine (C=N–C) groups is 1. The van der Waals surface area contributed by atoms with Crippen molar-refractivity contribution in [3.05, 3.63) is 52.5 Å². The second kappa shape index (κ2) is 7.91. The fourth-order valence-corrected chi connectivity index (χ4v) is 2.71. The molecule has 5 nitrogen and oxygen atoms in total. The van der Waals surface area contributed by atoms with Gasteiger partial charge in [-0.25, -0.2) is 4.99 Å². The van der Waals surface area contributed by atoms with E-state index < -0.39 is 5.60 Å². The van der Waals surface area contributed by atoms with Gasteiger partial charge in [-0.1, -0.05) is 12.1 Å². The first-order valence-electron chi connectivity index (χ1n) is 7.30. The van der Waals surface area contributed by atoms with Gasteiger partial charge in [0.1, 0.15) is 5.60 Å². The fourth-order valence-electron chi connectivity index (χ4n) is 1.92. The number of guanidine groups is 1. The molecule has 0 saturated heterocycles. The van der Waals surface area contributed by atoms with E-state index in [-0.39, 0.29) is 0 Å². The maximum Gasteiger partial charge on any atom is 0.191 e. The molecule has 2 rings (SSSR count). The molecule has 0 radical (unpaired) electrons. The highest BCUT2D eigenvalue weighted by molar-refractivity contribution is 7.10. The molecule has 0 fully saturated rings. The van der Waals surface area contributed by atoms with Crippen LogP contribution in [0.25, 0.3) is 0 Å². The smallest absolute Gasteiger partial charge is 0.191 e. The van der Waals surface area contributed by atoms with Crippen LogP contribution in [0.2, 0.25) is 0 Å². The second-order valence-corrected chi connectivity index (χ2v) is 6.07. The molecule has 0 amide bonds. The lowest BCUT2D eigenvalue weighted by atomic mass is 10.1. The molecule has 0 aromatic carbocycles. The Hall–Kier alpha value is -1.92. The minimum Gasteiger partial charge on any atom is -0.383 e. The van der Waals surface area contributed by atoms with Gasteiger partial charge in [-0.3, -0.25) is 4.98 Å². The lowest BCUT2D eigenvalue weighted by molar-refractivity contribution is 0.0655. The van der Waals surface area contributed by atoms with Gasteiger partial charge in [0.25, 0.3) is 0 Å². The Labute approximate surface area is 135 Å². The van der Waals surface area contributed by atoms with E-state index in [2.05, 4.69) is 20.6 Å². The summed E-state index contributed by atoms with van der Waals surface area (Å²) < 4.78 is 0. The monoisotopic (exact) mass is 318 g/mol. The van der Waals surface area contributed by atoms with Gasteiger partial charge in [-0.2, -0.15) is 0 Å². The Kier molecular flexibility index (Phi) is 5.91. The zero-order chi connectivity index (χ0) is 15.8. The van der Waals surface area contributed by atoms with Crippen molar-refractivity contribution in [2.45, 2.75) is 26.0 Å². The van der Waals surface area contributed by atoms with E-state index >= 15 is 0 Å². The first-order valence-corrected chi connectivity index (χ1v) is 8.18. The minimum atomic E-state index is -0.921. The number of nitrogens with one attached hydrogen (secondary N) is 2. The van der Waals surface area contributed by atoms with E-state index in [1.165, 1.54) is 0 Å². The summed E-state index contributed by atoms with van der Waals surface area (Å²) in [5, 5.41) is 18.9. The van der Waals surface area contributed by atoms with Gasteiger partial charge >= 0.3 is 0 Å². The first-order chi connectivity index (χ1) is 10.6. The molecule has 118 valence electrons. The molecule has 1 atom stereocenters. The molecule has 0 aliphatic heterocycles. The van der Waals surface area contributed by atoms with E-state index in [1.807, 2.05) is 42.6 Å². The Balaban J connectivity index is 1.96. The van der Waals surface area contributed by atoms with Crippen molar-refractivity contribution in [3.8, 4) is 0 Å². The van der Waals surface area contributed by atoms with Crippen LogP contribution in [0, 0.1) is 0 Å². The third kappa shape index (κ3) is 4.82. The molecule has 0 spiro atoms. The molecule has 2 aromatic heterocycles. The van der Waals surface area contributed by atoms with Crippen LogP contribution in [0.4, 0.5) is 0 Å². The maximum absolute atomic E-state index is 10.5. The summed E-state index contributed by atoms with van der Waals surface area (Å²) in [5.74, 6) is 0.671. The van der Waals surface area contributed by atoms with Crippen LogP contribution in [0.3, 0.4) is 0 Å². The quantitative estimate of drug-likeness (QED) is 0.563. The fraction of sp³-hybridized carbons (Fsp3) is 0.375. The number of hydrogen-bond donors (Lipinski definition) is 3. The maximum atomic E-state index is 10.5. The third-order valence-electron chi connectivity index (χ3n) is 3.12. The number of aliphatic hydroxyl groups is 1. The third-order valence-corrected chi connectivity index (χ3v) is 4.24. The molecule has 0 aliphatic rings. The SMILES string of the molecule is CCNC(=NCc1ccccn1)NCC(C)(O)c1cccs1. The molecule has 6 heteroatoms. The van der Waals surface area contributed by atoms with Crippen molar-refractivity contribution < 1.29 is 5.11 Å². The molecule has 2 aromatic rings. The Morgan fingerprint density at radius 2 is 2.18 bits per heavy atom. The molecule has 2 heterocycles. The zero-order valence-electron chi connectivity index (χ0n) is 12.9. The zero-order valence-corrected chi connectivity index (χ0v) is 13.7. The van der Waals surface area contributed by atoms with Gasteiger partial charge in [0, 0.05) is 17.6 Å². The summed E-state index contributed by atoms with van der Waals surface area (Å²) in [6.45, 7) is 5.46. The van der Waals surface area contributed by atoms with E-state index in [4.69, 9.17) is 0 Å². The number of thiophene rings is 1. The molecule has 1 unspecified atom stereocenters. The molecule has 0 aliphatic carbocycles. The van der Waals surface area contributed by atoms with Gasteiger partial charge in [0.2, 0.25) is 0 Å². The normalized spacial score (nSPS) is 14.4.